The van der Waals surface area contributed by atoms with Gasteiger partial charge in [-0.1, -0.05) is 26.0 Å². The van der Waals surface area contributed by atoms with Crippen LogP contribution in [0.2, 0.25) is 0 Å². The minimum Gasteiger partial charge on any atom is -0.497 e. The molecule has 0 bridgehead atoms. The Kier molecular flexibility index (Phi) is 7.91. The summed E-state index contributed by atoms with van der Waals surface area (Å²) in [6.07, 6.45) is 0.994. The number of aryl methyl sites for hydroxylation is 3. The van der Waals surface area contributed by atoms with Crippen molar-refractivity contribution < 1.29 is 4.74 Å². The summed E-state index contributed by atoms with van der Waals surface area (Å²) in [5.74, 6) is 1.73. The summed E-state index contributed by atoms with van der Waals surface area (Å²) in [5.41, 5.74) is 3.47. The maximum atomic E-state index is 5.25. The lowest BCUT2D eigenvalue weighted by Crippen LogP contribution is -2.39. The molecule has 0 atom stereocenters. The first-order valence-electron chi connectivity index (χ1n) is 10.0. The van der Waals surface area contributed by atoms with Gasteiger partial charge in [-0.25, -0.2) is 0 Å². The molecule has 0 unspecified atom stereocenters. The molecular weight excluding hydrogens is 350 g/mol. The lowest BCUT2D eigenvalue weighted by atomic mass is 9.85. The van der Waals surface area contributed by atoms with Gasteiger partial charge < -0.3 is 15.4 Å². The zero-order valence-corrected chi connectivity index (χ0v) is 18.2. The molecule has 0 saturated heterocycles. The Morgan fingerprint density at radius 3 is 2.46 bits per heavy atom. The Morgan fingerprint density at radius 1 is 1.18 bits per heavy atom. The number of methoxy groups -OCH3 is 1. The molecular formula is C22H35N5O. The number of ether oxygens (including phenoxy) is 1. The molecule has 6 heteroatoms. The normalized spacial score (nSPS) is 12.1. The quantitative estimate of drug-likeness (QED) is 0.394. The summed E-state index contributed by atoms with van der Waals surface area (Å²) < 4.78 is 7.32. The first-order chi connectivity index (χ1) is 13.4. The molecule has 0 aliphatic rings. The predicted octanol–water partition coefficient (Wildman–Crippen LogP) is 3.43. The van der Waals surface area contributed by atoms with E-state index in [2.05, 4.69) is 66.3 Å². The average Bonchev–Trinajstić information content (AvgIpc) is 3.00. The van der Waals surface area contributed by atoms with Gasteiger partial charge in [-0.15, -0.1) is 0 Å². The number of hydrogen-bond acceptors (Lipinski definition) is 3. The molecule has 1 heterocycles. The van der Waals surface area contributed by atoms with Crippen LogP contribution >= 0.6 is 0 Å². The molecule has 0 spiro atoms. The Bertz CT molecular complexity index is 762. The number of rotatable bonds is 9. The van der Waals surface area contributed by atoms with Crippen LogP contribution in [0.25, 0.3) is 0 Å². The SMILES string of the molecule is CCNC(=NCC(C)(C)c1ccc(OC)cc1)NCCCn1nc(C)cc1C. The minimum atomic E-state index is -0.0572. The third kappa shape index (κ3) is 6.29. The number of nitrogens with zero attached hydrogens (tertiary/aromatic N) is 3. The second-order valence-electron chi connectivity index (χ2n) is 7.74. The number of nitrogens with one attached hydrogen (secondary N) is 2. The first kappa shape index (κ1) is 21.8. The number of hydrogen-bond donors (Lipinski definition) is 2. The van der Waals surface area contributed by atoms with E-state index in [-0.39, 0.29) is 5.41 Å². The van der Waals surface area contributed by atoms with Crippen molar-refractivity contribution in [3.63, 3.8) is 0 Å². The molecule has 6 nitrogen and oxygen atoms in total. The smallest absolute Gasteiger partial charge is 0.191 e. The Hall–Kier alpha value is -2.50. The Balaban J connectivity index is 1.90. The van der Waals surface area contributed by atoms with Crippen molar-refractivity contribution in [2.75, 3.05) is 26.7 Å². The topological polar surface area (TPSA) is 63.5 Å². The van der Waals surface area contributed by atoms with Crippen molar-refractivity contribution in [2.24, 2.45) is 4.99 Å². The van der Waals surface area contributed by atoms with E-state index < -0.39 is 0 Å². The summed E-state index contributed by atoms with van der Waals surface area (Å²) in [6.45, 7) is 13.9. The standard InChI is InChI=1S/C22H35N5O/c1-7-23-21(24-13-8-14-27-18(3)15-17(2)26-27)25-16-22(4,5)19-9-11-20(28-6)12-10-19/h9-12,15H,7-8,13-14,16H2,1-6H3,(H2,23,24,25). The van der Waals surface area contributed by atoms with Gasteiger partial charge >= 0.3 is 0 Å². The molecule has 0 aliphatic heterocycles. The highest BCUT2D eigenvalue weighted by Gasteiger charge is 2.20. The Labute approximate surface area is 169 Å². The van der Waals surface area contributed by atoms with Crippen LogP contribution in [0.3, 0.4) is 0 Å². The molecule has 0 aliphatic carbocycles. The fourth-order valence-corrected chi connectivity index (χ4v) is 3.09. The molecule has 0 saturated carbocycles. The van der Waals surface area contributed by atoms with Gasteiger partial charge in [0.15, 0.2) is 5.96 Å². The van der Waals surface area contributed by atoms with Crippen LogP contribution in [0.15, 0.2) is 35.3 Å². The largest absolute Gasteiger partial charge is 0.497 e. The van der Waals surface area contributed by atoms with Gasteiger partial charge in [-0.3, -0.25) is 9.67 Å². The van der Waals surface area contributed by atoms with Gasteiger partial charge in [0.05, 0.1) is 19.3 Å². The van der Waals surface area contributed by atoms with Crippen molar-refractivity contribution in [1.82, 2.24) is 20.4 Å². The van der Waals surface area contributed by atoms with Crippen molar-refractivity contribution in [3.8, 4) is 5.75 Å². The van der Waals surface area contributed by atoms with Crippen LogP contribution in [0.5, 0.6) is 5.75 Å². The van der Waals surface area contributed by atoms with Crippen molar-refractivity contribution in [1.29, 1.82) is 0 Å². The molecule has 0 fully saturated rings. The van der Waals surface area contributed by atoms with Gasteiger partial charge in [0, 0.05) is 30.7 Å². The fraction of sp³-hybridized carbons (Fsp3) is 0.545. The summed E-state index contributed by atoms with van der Waals surface area (Å²) in [7, 11) is 1.69. The molecule has 0 radical (unpaired) electrons. The number of benzene rings is 1. The maximum absolute atomic E-state index is 5.25. The summed E-state index contributed by atoms with van der Waals surface area (Å²) in [6, 6.07) is 10.3. The number of aromatic nitrogens is 2. The van der Waals surface area contributed by atoms with Crippen molar-refractivity contribution in [3.05, 3.63) is 47.3 Å². The molecule has 154 valence electrons. The lowest BCUT2D eigenvalue weighted by Gasteiger charge is -2.24. The van der Waals surface area contributed by atoms with E-state index in [0.29, 0.717) is 6.54 Å². The van der Waals surface area contributed by atoms with Crippen LogP contribution in [-0.2, 0) is 12.0 Å². The fourth-order valence-electron chi connectivity index (χ4n) is 3.09. The van der Waals surface area contributed by atoms with Crippen LogP contribution in [0, 0.1) is 13.8 Å². The van der Waals surface area contributed by atoms with E-state index in [4.69, 9.17) is 9.73 Å². The van der Waals surface area contributed by atoms with Crippen LogP contribution < -0.4 is 15.4 Å². The van der Waals surface area contributed by atoms with Gasteiger partial charge in [0.2, 0.25) is 0 Å². The number of aliphatic imine (C=N–C) groups is 1. The molecule has 1 aromatic heterocycles. The first-order valence-corrected chi connectivity index (χ1v) is 10.0. The third-order valence-electron chi connectivity index (χ3n) is 4.79. The zero-order valence-electron chi connectivity index (χ0n) is 18.2. The third-order valence-corrected chi connectivity index (χ3v) is 4.79. The second kappa shape index (κ2) is 10.2. The summed E-state index contributed by atoms with van der Waals surface area (Å²) in [4.78, 5) is 4.81. The molecule has 1 aromatic carbocycles. The van der Waals surface area contributed by atoms with Crippen molar-refractivity contribution >= 4 is 5.96 Å². The summed E-state index contributed by atoms with van der Waals surface area (Å²) in [5, 5.41) is 11.3. The number of guanidine groups is 1. The summed E-state index contributed by atoms with van der Waals surface area (Å²) >= 11 is 0. The Morgan fingerprint density at radius 2 is 1.89 bits per heavy atom. The van der Waals surface area contributed by atoms with E-state index in [0.717, 1.165) is 43.5 Å². The van der Waals surface area contributed by atoms with E-state index in [1.54, 1.807) is 7.11 Å². The van der Waals surface area contributed by atoms with Gasteiger partial charge in [0.25, 0.3) is 0 Å². The van der Waals surface area contributed by atoms with Crippen LogP contribution in [0.1, 0.15) is 44.1 Å². The van der Waals surface area contributed by atoms with Gasteiger partial charge in [-0.2, -0.15) is 5.10 Å². The highest BCUT2D eigenvalue weighted by molar-refractivity contribution is 5.79. The van der Waals surface area contributed by atoms with Crippen LogP contribution in [-0.4, -0.2) is 42.5 Å². The average molecular weight is 386 g/mol. The monoisotopic (exact) mass is 385 g/mol. The molecule has 0 amide bonds. The maximum Gasteiger partial charge on any atom is 0.191 e. The molecule has 2 rings (SSSR count). The molecule has 28 heavy (non-hydrogen) atoms. The van der Waals surface area contributed by atoms with E-state index >= 15 is 0 Å². The van der Waals surface area contributed by atoms with E-state index in [1.165, 1.54) is 11.3 Å². The van der Waals surface area contributed by atoms with E-state index in [1.807, 2.05) is 19.1 Å². The zero-order chi connectivity index (χ0) is 20.6. The highest BCUT2D eigenvalue weighted by atomic mass is 16.5. The molecule has 2 aromatic rings. The lowest BCUT2D eigenvalue weighted by molar-refractivity contribution is 0.414. The van der Waals surface area contributed by atoms with Crippen molar-refractivity contribution in [2.45, 2.75) is 53.0 Å². The van der Waals surface area contributed by atoms with Gasteiger partial charge in [0.1, 0.15) is 5.75 Å². The second-order valence-corrected chi connectivity index (χ2v) is 7.74. The van der Waals surface area contributed by atoms with Crippen LogP contribution in [0.4, 0.5) is 0 Å². The molecule has 2 N–H and O–H groups in total. The van der Waals surface area contributed by atoms with Gasteiger partial charge in [-0.05, 0) is 51.0 Å². The minimum absolute atomic E-state index is 0.0572. The highest BCUT2D eigenvalue weighted by Crippen LogP contribution is 2.25. The predicted molar refractivity (Wildman–Crippen MR) is 116 cm³/mol. The van der Waals surface area contributed by atoms with E-state index in [9.17, 15) is 0 Å².